The summed E-state index contributed by atoms with van der Waals surface area (Å²) in [6.07, 6.45) is 8.49. The summed E-state index contributed by atoms with van der Waals surface area (Å²) in [6.45, 7) is 3.94. The molecule has 0 bridgehead atoms. The van der Waals surface area contributed by atoms with Crippen molar-refractivity contribution in [1.82, 2.24) is 9.80 Å². The van der Waals surface area contributed by atoms with E-state index in [4.69, 9.17) is 4.74 Å². The number of amides is 1. The van der Waals surface area contributed by atoms with Crippen LogP contribution in [0.5, 0.6) is 0 Å². The molecule has 1 amide bonds. The van der Waals surface area contributed by atoms with Gasteiger partial charge in [0.2, 0.25) is 0 Å². The average molecular weight is 349 g/mol. The number of ether oxygens (including phenoxy) is 1. The van der Waals surface area contributed by atoms with Crippen LogP contribution in [0.3, 0.4) is 0 Å². The van der Waals surface area contributed by atoms with Gasteiger partial charge in [0.05, 0.1) is 6.54 Å². The molecule has 1 aliphatic carbocycles. The number of hydrogen-bond acceptors (Lipinski definition) is 4. The molecule has 1 saturated carbocycles. The zero-order valence-corrected chi connectivity index (χ0v) is 15.4. The van der Waals surface area contributed by atoms with Gasteiger partial charge in [-0.05, 0) is 50.3 Å². The number of thiophene rings is 1. The lowest BCUT2D eigenvalue weighted by Gasteiger charge is -2.25. The van der Waals surface area contributed by atoms with Gasteiger partial charge >= 0.3 is 6.09 Å². The van der Waals surface area contributed by atoms with Crippen molar-refractivity contribution in [2.24, 2.45) is 0 Å². The van der Waals surface area contributed by atoms with Crippen molar-refractivity contribution in [3.8, 4) is 0 Å². The van der Waals surface area contributed by atoms with Crippen LogP contribution < -0.4 is 0 Å². The predicted molar refractivity (Wildman–Crippen MR) is 96.5 cm³/mol. The Hall–Kier alpha value is -1.07. The smallest absolute Gasteiger partial charge is 0.410 e. The zero-order chi connectivity index (χ0) is 16.6. The molecule has 0 N–H and O–H groups in total. The minimum Gasteiger partial charge on any atom is -0.441 e. The number of nitrogens with zero attached hydrogens (tertiary/aromatic N) is 2. The third kappa shape index (κ3) is 3.33. The molecule has 3 fully saturated rings. The maximum Gasteiger partial charge on any atom is 0.410 e. The largest absolute Gasteiger partial charge is 0.441 e. The average Bonchev–Trinajstić information content (AvgIpc) is 3.24. The van der Waals surface area contributed by atoms with Gasteiger partial charge in [-0.3, -0.25) is 4.90 Å². The molecule has 3 heterocycles. The third-order valence-corrected chi connectivity index (χ3v) is 7.18. The van der Waals surface area contributed by atoms with Crippen LogP contribution in [0.15, 0.2) is 12.1 Å². The Kier molecular flexibility index (Phi) is 4.56. The number of rotatable bonds is 3. The van der Waals surface area contributed by atoms with E-state index in [0.717, 1.165) is 51.4 Å². The van der Waals surface area contributed by atoms with Crippen LogP contribution in [-0.2, 0) is 11.3 Å². The lowest BCUT2D eigenvalue weighted by molar-refractivity contribution is 0.0443. The highest BCUT2D eigenvalue weighted by Gasteiger charge is 2.44. The summed E-state index contributed by atoms with van der Waals surface area (Å²) in [4.78, 5) is 19.1. The molecule has 1 spiro atoms. The minimum atomic E-state index is -0.231. The quantitative estimate of drug-likeness (QED) is 0.820. The van der Waals surface area contributed by atoms with E-state index in [-0.39, 0.29) is 11.7 Å². The fourth-order valence-electron chi connectivity index (χ4n) is 4.56. The van der Waals surface area contributed by atoms with Crippen LogP contribution in [0, 0.1) is 0 Å². The molecule has 1 atom stereocenters. The van der Waals surface area contributed by atoms with Crippen LogP contribution in [0.2, 0.25) is 0 Å². The second-order valence-corrected chi connectivity index (χ2v) is 9.02. The van der Waals surface area contributed by atoms with E-state index >= 15 is 0 Å². The van der Waals surface area contributed by atoms with Gasteiger partial charge in [0.15, 0.2) is 0 Å². The summed E-state index contributed by atoms with van der Waals surface area (Å²) in [5.41, 5.74) is -0.231. The summed E-state index contributed by atoms with van der Waals surface area (Å²) in [5, 5.41) is 0. The van der Waals surface area contributed by atoms with Crippen molar-refractivity contribution in [3.05, 3.63) is 21.9 Å². The van der Waals surface area contributed by atoms with E-state index in [1.807, 2.05) is 18.4 Å². The Morgan fingerprint density at radius 3 is 2.79 bits per heavy atom. The van der Waals surface area contributed by atoms with Gasteiger partial charge in [0.25, 0.3) is 0 Å². The Labute approximate surface area is 148 Å². The number of carbonyl (C=O) groups is 1. The molecule has 1 aromatic rings. The SMILES string of the molecule is CN1C[C@]2(CCCN(Cc3ccc(C4CCCC4)s3)CC2)OC1=O. The van der Waals surface area contributed by atoms with Gasteiger partial charge in [-0.15, -0.1) is 11.3 Å². The predicted octanol–water partition coefficient (Wildman–Crippen LogP) is 4.21. The maximum atomic E-state index is 11.8. The number of carbonyl (C=O) groups excluding carboxylic acids is 1. The molecule has 2 saturated heterocycles. The van der Waals surface area contributed by atoms with Crippen molar-refractivity contribution in [1.29, 1.82) is 0 Å². The second kappa shape index (κ2) is 6.68. The van der Waals surface area contributed by atoms with Crippen molar-refractivity contribution in [2.75, 3.05) is 26.7 Å². The second-order valence-electron chi connectivity index (χ2n) is 7.82. The highest BCUT2D eigenvalue weighted by atomic mass is 32.1. The summed E-state index contributed by atoms with van der Waals surface area (Å²) >= 11 is 2.02. The third-order valence-electron chi connectivity index (χ3n) is 5.95. The molecule has 4 rings (SSSR count). The zero-order valence-electron chi connectivity index (χ0n) is 14.6. The molecule has 24 heavy (non-hydrogen) atoms. The first-order valence-electron chi connectivity index (χ1n) is 9.39. The van der Waals surface area contributed by atoms with E-state index < -0.39 is 0 Å². The Morgan fingerprint density at radius 1 is 1.21 bits per heavy atom. The molecular formula is C19H28N2O2S. The monoisotopic (exact) mass is 348 g/mol. The first-order valence-corrected chi connectivity index (χ1v) is 10.2. The van der Waals surface area contributed by atoms with E-state index in [0.29, 0.717) is 0 Å². The summed E-state index contributed by atoms with van der Waals surface area (Å²) < 4.78 is 5.72. The normalized spacial score (nSPS) is 29.4. The van der Waals surface area contributed by atoms with E-state index in [2.05, 4.69) is 17.0 Å². The van der Waals surface area contributed by atoms with Gasteiger partial charge in [0.1, 0.15) is 5.60 Å². The first kappa shape index (κ1) is 16.4. The fourth-order valence-corrected chi connectivity index (χ4v) is 5.79. The lowest BCUT2D eigenvalue weighted by atomic mass is 9.95. The van der Waals surface area contributed by atoms with Crippen LogP contribution in [0.4, 0.5) is 4.79 Å². The lowest BCUT2D eigenvalue weighted by Crippen LogP contribution is -2.35. The molecule has 1 aromatic heterocycles. The molecule has 0 aromatic carbocycles. The van der Waals surface area contributed by atoms with Crippen LogP contribution in [0.1, 0.15) is 60.6 Å². The van der Waals surface area contributed by atoms with Crippen molar-refractivity contribution < 1.29 is 9.53 Å². The number of hydrogen-bond donors (Lipinski definition) is 0. The van der Waals surface area contributed by atoms with Gasteiger partial charge in [-0.2, -0.15) is 0 Å². The van der Waals surface area contributed by atoms with E-state index in [1.54, 1.807) is 9.78 Å². The molecule has 0 radical (unpaired) electrons. The fraction of sp³-hybridized carbons (Fsp3) is 0.737. The molecule has 0 unspecified atom stereocenters. The van der Waals surface area contributed by atoms with Crippen molar-refractivity contribution in [2.45, 2.75) is 63.0 Å². The van der Waals surface area contributed by atoms with Crippen molar-refractivity contribution in [3.63, 3.8) is 0 Å². The number of likely N-dealkylation sites (tertiary alicyclic amines) is 1. The Balaban J connectivity index is 1.35. The van der Waals surface area contributed by atoms with Crippen molar-refractivity contribution >= 4 is 17.4 Å². The molecular weight excluding hydrogens is 320 g/mol. The standard InChI is InChI=1S/C19H28N2O2S/c1-20-14-19(23-18(20)22)9-4-11-21(12-10-19)13-16-7-8-17(24-16)15-5-2-3-6-15/h7-8,15H,2-6,9-14H2,1H3/t19-/m1/s1. The highest BCUT2D eigenvalue weighted by Crippen LogP contribution is 2.38. The molecule has 5 heteroatoms. The number of likely N-dealkylation sites (N-methyl/N-ethyl adjacent to an activating group) is 1. The highest BCUT2D eigenvalue weighted by molar-refractivity contribution is 7.12. The first-order chi connectivity index (χ1) is 11.6. The minimum absolute atomic E-state index is 0.150. The summed E-state index contributed by atoms with van der Waals surface area (Å²) in [7, 11) is 1.84. The summed E-state index contributed by atoms with van der Waals surface area (Å²) in [5.74, 6) is 0.824. The Morgan fingerprint density at radius 2 is 2.04 bits per heavy atom. The van der Waals surface area contributed by atoms with Gasteiger partial charge in [0, 0.05) is 36.3 Å². The van der Waals surface area contributed by atoms with Gasteiger partial charge < -0.3 is 9.64 Å². The van der Waals surface area contributed by atoms with Crippen LogP contribution >= 0.6 is 11.3 Å². The summed E-state index contributed by atoms with van der Waals surface area (Å²) in [6, 6.07) is 4.70. The van der Waals surface area contributed by atoms with Gasteiger partial charge in [-0.25, -0.2) is 4.79 Å². The maximum absolute atomic E-state index is 11.8. The topological polar surface area (TPSA) is 32.8 Å². The van der Waals surface area contributed by atoms with E-state index in [9.17, 15) is 4.79 Å². The van der Waals surface area contributed by atoms with Crippen LogP contribution in [-0.4, -0.2) is 48.2 Å². The molecule has 132 valence electrons. The van der Waals surface area contributed by atoms with Crippen LogP contribution in [0.25, 0.3) is 0 Å². The molecule has 3 aliphatic rings. The Bertz CT molecular complexity index is 596. The molecule has 4 nitrogen and oxygen atoms in total. The van der Waals surface area contributed by atoms with E-state index in [1.165, 1.54) is 30.6 Å². The van der Waals surface area contributed by atoms with Gasteiger partial charge in [-0.1, -0.05) is 12.8 Å². The molecule has 2 aliphatic heterocycles.